The molecule has 92 valence electrons. The Morgan fingerprint density at radius 2 is 2.00 bits per heavy atom. The fourth-order valence-electron chi connectivity index (χ4n) is 1.10. The lowest BCUT2D eigenvalue weighted by atomic mass is 10.3. The van der Waals surface area contributed by atoms with Gasteiger partial charge in [-0.05, 0) is 12.1 Å². The molecule has 1 N–H and O–H groups in total. The number of thioether (sulfide) groups is 1. The third kappa shape index (κ3) is 3.67. The third-order valence-corrected chi connectivity index (χ3v) is 3.02. The predicted octanol–water partition coefficient (Wildman–Crippen LogP) is 1.45. The Hall–Kier alpha value is -1.69. The average molecular weight is 256 g/mol. The first kappa shape index (κ1) is 13.4. The van der Waals surface area contributed by atoms with Crippen molar-refractivity contribution < 1.29 is 24.2 Å². The summed E-state index contributed by atoms with van der Waals surface area (Å²) in [5, 5.41) is 8.45. The van der Waals surface area contributed by atoms with Gasteiger partial charge >= 0.3 is 5.97 Å². The van der Waals surface area contributed by atoms with Gasteiger partial charge in [-0.1, -0.05) is 0 Å². The maximum atomic E-state index is 11.0. The number of aliphatic carboxylic acids is 1. The molecule has 0 unspecified atom stereocenters. The van der Waals surface area contributed by atoms with Gasteiger partial charge in [-0.15, -0.1) is 11.8 Å². The van der Waals surface area contributed by atoms with E-state index in [4.69, 9.17) is 14.6 Å². The van der Waals surface area contributed by atoms with Crippen LogP contribution in [0, 0.1) is 0 Å². The van der Waals surface area contributed by atoms with E-state index in [0.29, 0.717) is 16.4 Å². The molecule has 0 aliphatic rings. The lowest BCUT2D eigenvalue weighted by Gasteiger charge is -2.08. The van der Waals surface area contributed by atoms with Crippen LogP contribution >= 0.6 is 11.8 Å². The molecule has 0 aliphatic carbocycles. The largest absolute Gasteiger partial charge is 0.497 e. The Kier molecular flexibility index (Phi) is 4.84. The topological polar surface area (TPSA) is 72.8 Å². The molecule has 0 saturated heterocycles. The molecule has 0 aromatic heterocycles. The van der Waals surface area contributed by atoms with Gasteiger partial charge in [-0.2, -0.15) is 0 Å². The summed E-state index contributed by atoms with van der Waals surface area (Å²) in [6.07, 6.45) is 0. The molecule has 5 nitrogen and oxygen atoms in total. The minimum Gasteiger partial charge on any atom is -0.497 e. The van der Waals surface area contributed by atoms with Gasteiger partial charge in [0.1, 0.15) is 11.5 Å². The zero-order chi connectivity index (χ0) is 12.8. The summed E-state index contributed by atoms with van der Waals surface area (Å²) in [5.41, 5.74) is 0. The van der Waals surface area contributed by atoms with Crippen molar-refractivity contribution in [2.75, 3.05) is 20.0 Å². The summed E-state index contributed by atoms with van der Waals surface area (Å²) in [6, 6.07) is 5.11. The van der Waals surface area contributed by atoms with E-state index < -0.39 is 11.8 Å². The standard InChI is InChI=1S/C11H12O5S/c1-15-7-3-4-10(9(5-7)16-2)17-6-8(12)11(13)14/h3-5H,6H2,1-2H3,(H,13,14). The van der Waals surface area contributed by atoms with Crippen LogP contribution in [0.1, 0.15) is 0 Å². The highest BCUT2D eigenvalue weighted by atomic mass is 32.2. The summed E-state index contributed by atoms with van der Waals surface area (Å²) in [4.78, 5) is 22.0. The Morgan fingerprint density at radius 1 is 1.29 bits per heavy atom. The van der Waals surface area contributed by atoms with E-state index in [1.807, 2.05) is 0 Å². The fourth-order valence-corrected chi connectivity index (χ4v) is 1.96. The maximum Gasteiger partial charge on any atom is 0.373 e. The molecule has 6 heteroatoms. The number of carboxylic acid groups (broad SMARTS) is 1. The second kappa shape index (κ2) is 6.15. The Morgan fingerprint density at radius 3 is 2.53 bits per heavy atom. The van der Waals surface area contributed by atoms with Crippen molar-refractivity contribution in [2.45, 2.75) is 4.90 Å². The molecule has 1 aromatic rings. The van der Waals surface area contributed by atoms with Crippen LogP contribution in [0.15, 0.2) is 23.1 Å². The van der Waals surface area contributed by atoms with Gasteiger partial charge in [0, 0.05) is 6.07 Å². The number of Topliss-reactive ketones (excluding diaryl/α,β-unsaturated/α-hetero) is 1. The molecular formula is C11H12O5S. The molecule has 0 fully saturated rings. The second-order valence-corrected chi connectivity index (χ2v) is 4.05. The van der Waals surface area contributed by atoms with Crippen LogP contribution < -0.4 is 9.47 Å². The van der Waals surface area contributed by atoms with Crippen LogP contribution in [0.2, 0.25) is 0 Å². The predicted molar refractivity (Wildman–Crippen MR) is 62.9 cm³/mol. The lowest BCUT2D eigenvalue weighted by Crippen LogP contribution is -2.14. The van der Waals surface area contributed by atoms with Crippen LogP contribution in [-0.2, 0) is 9.59 Å². The van der Waals surface area contributed by atoms with Gasteiger partial charge in [0.05, 0.1) is 24.9 Å². The fraction of sp³-hybridized carbons (Fsp3) is 0.273. The van der Waals surface area contributed by atoms with E-state index in [0.717, 1.165) is 11.8 Å². The van der Waals surface area contributed by atoms with Crippen LogP contribution in [0.4, 0.5) is 0 Å². The monoisotopic (exact) mass is 256 g/mol. The number of ether oxygens (including phenoxy) is 2. The van der Waals surface area contributed by atoms with Crippen LogP contribution in [0.3, 0.4) is 0 Å². The average Bonchev–Trinajstić information content (AvgIpc) is 2.35. The summed E-state index contributed by atoms with van der Waals surface area (Å²) < 4.78 is 10.1. The Bertz CT molecular complexity index is 430. The number of carbonyl (C=O) groups excluding carboxylic acids is 1. The SMILES string of the molecule is COc1ccc(SCC(=O)C(=O)O)c(OC)c1. The van der Waals surface area contributed by atoms with Gasteiger partial charge in [0.25, 0.3) is 0 Å². The van der Waals surface area contributed by atoms with Crippen LogP contribution in [-0.4, -0.2) is 36.8 Å². The third-order valence-electron chi connectivity index (χ3n) is 1.97. The second-order valence-electron chi connectivity index (χ2n) is 3.03. The van der Waals surface area contributed by atoms with E-state index in [2.05, 4.69) is 0 Å². The van der Waals surface area contributed by atoms with E-state index in [9.17, 15) is 9.59 Å². The normalized spacial score (nSPS) is 9.76. The number of carbonyl (C=O) groups is 2. The van der Waals surface area contributed by atoms with Crippen LogP contribution in [0.25, 0.3) is 0 Å². The molecule has 0 bridgehead atoms. The van der Waals surface area contributed by atoms with E-state index >= 15 is 0 Å². The molecule has 0 saturated carbocycles. The summed E-state index contributed by atoms with van der Waals surface area (Å²) in [6.45, 7) is 0. The highest BCUT2D eigenvalue weighted by Gasteiger charge is 2.13. The van der Waals surface area contributed by atoms with Crippen molar-refractivity contribution in [3.05, 3.63) is 18.2 Å². The Labute approximate surface area is 103 Å². The lowest BCUT2D eigenvalue weighted by molar-refractivity contribution is -0.147. The van der Waals surface area contributed by atoms with Gasteiger partial charge in [0.2, 0.25) is 5.78 Å². The summed E-state index contributed by atoms with van der Waals surface area (Å²) >= 11 is 1.12. The van der Waals surface area contributed by atoms with Crippen molar-refractivity contribution in [1.82, 2.24) is 0 Å². The molecular weight excluding hydrogens is 244 g/mol. The van der Waals surface area contributed by atoms with Gasteiger partial charge in [-0.3, -0.25) is 4.79 Å². The molecule has 17 heavy (non-hydrogen) atoms. The quantitative estimate of drug-likeness (QED) is 0.613. The van der Waals surface area contributed by atoms with Crippen molar-refractivity contribution >= 4 is 23.5 Å². The number of hydrogen-bond donors (Lipinski definition) is 1. The first-order valence-electron chi connectivity index (χ1n) is 4.69. The molecule has 0 aliphatic heterocycles. The molecule has 1 rings (SSSR count). The van der Waals surface area contributed by atoms with Gasteiger partial charge in [0.15, 0.2) is 0 Å². The number of ketones is 1. The number of methoxy groups -OCH3 is 2. The van der Waals surface area contributed by atoms with E-state index in [-0.39, 0.29) is 5.75 Å². The number of carboxylic acids is 1. The first-order chi connectivity index (χ1) is 8.08. The zero-order valence-electron chi connectivity index (χ0n) is 9.43. The van der Waals surface area contributed by atoms with Crippen LogP contribution in [0.5, 0.6) is 11.5 Å². The molecule has 0 heterocycles. The highest BCUT2D eigenvalue weighted by Crippen LogP contribution is 2.32. The molecule has 0 radical (unpaired) electrons. The minimum absolute atomic E-state index is 0.127. The van der Waals surface area contributed by atoms with Gasteiger partial charge in [-0.25, -0.2) is 4.79 Å². The minimum atomic E-state index is -1.43. The van der Waals surface area contributed by atoms with Crippen molar-refractivity contribution in [2.24, 2.45) is 0 Å². The van der Waals surface area contributed by atoms with E-state index in [1.165, 1.54) is 14.2 Å². The van der Waals surface area contributed by atoms with Crippen molar-refractivity contribution in [1.29, 1.82) is 0 Å². The van der Waals surface area contributed by atoms with Crippen molar-refractivity contribution in [3.8, 4) is 11.5 Å². The molecule has 0 atom stereocenters. The molecule has 0 amide bonds. The molecule has 0 spiro atoms. The highest BCUT2D eigenvalue weighted by molar-refractivity contribution is 8.00. The zero-order valence-corrected chi connectivity index (χ0v) is 10.2. The smallest absolute Gasteiger partial charge is 0.373 e. The summed E-state index contributed by atoms with van der Waals surface area (Å²) in [5.74, 6) is -1.21. The number of benzene rings is 1. The van der Waals surface area contributed by atoms with Gasteiger partial charge < -0.3 is 14.6 Å². The first-order valence-corrected chi connectivity index (χ1v) is 5.68. The Balaban J connectivity index is 2.77. The number of rotatable bonds is 6. The maximum absolute atomic E-state index is 11.0. The summed E-state index contributed by atoms with van der Waals surface area (Å²) in [7, 11) is 3.04. The van der Waals surface area contributed by atoms with Crippen molar-refractivity contribution in [3.63, 3.8) is 0 Å². The molecule has 1 aromatic carbocycles. The number of hydrogen-bond acceptors (Lipinski definition) is 5. The van der Waals surface area contributed by atoms with E-state index in [1.54, 1.807) is 18.2 Å².